The first-order valence-corrected chi connectivity index (χ1v) is 8.33. The van der Waals surface area contributed by atoms with Crippen LogP contribution in [-0.2, 0) is 14.8 Å². The predicted octanol–water partition coefficient (Wildman–Crippen LogP) is 0.968. The van der Waals surface area contributed by atoms with Crippen molar-refractivity contribution < 1.29 is 13.2 Å². The van der Waals surface area contributed by atoms with E-state index >= 15 is 0 Å². The maximum absolute atomic E-state index is 11.5. The van der Waals surface area contributed by atoms with E-state index in [1.54, 1.807) is 0 Å². The van der Waals surface area contributed by atoms with Gasteiger partial charge in [-0.25, -0.2) is 13.1 Å². The summed E-state index contributed by atoms with van der Waals surface area (Å²) in [5, 5.41) is 2.99. The van der Waals surface area contributed by atoms with Gasteiger partial charge < -0.3 is 10.1 Å². The van der Waals surface area contributed by atoms with E-state index in [2.05, 4.69) is 23.9 Å². The molecule has 0 aromatic rings. The highest BCUT2D eigenvalue weighted by Crippen LogP contribution is 1.98. The van der Waals surface area contributed by atoms with E-state index in [4.69, 9.17) is 4.74 Å². The molecule has 0 rings (SSSR count). The highest BCUT2D eigenvalue weighted by Gasteiger charge is 2.08. The van der Waals surface area contributed by atoms with Gasteiger partial charge in [0.25, 0.3) is 0 Å². The standard InChI is InChI=1S/C12H28N2O3S/c1-12(2)6-9-17-10-8-14-18(15,16)11-5-4-7-13-3/h12-14H,4-11H2,1-3H3. The van der Waals surface area contributed by atoms with E-state index < -0.39 is 10.0 Å². The van der Waals surface area contributed by atoms with Crippen molar-refractivity contribution in [2.75, 3.05) is 39.1 Å². The molecule has 0 bridgehead atoms. The number of hydrogen-bond acceptors (Lipinski definition) is 4. The van der Waals surface area contributed by atoms with Crippen molar-refractivity contribution >= 4 is 10.0 Å². The van der Waals surface area contributed by atoms with Gasteiger partial charge in [-0.2, -0.15) is 0 Å². The smallest absolute Gasteiger partial charge is 0.211 e. The van der Waals surface area contributed by atoms with Crippen LogP contribution in [0.1, 0.15) is 33.1 Å². The second-order valence-electron chi connectivity index (χ2n) is 4.82. The lowest BCUT2D eigenvalue weighted by atomic mass is 10.1. The molecule has 0 aromatic heterocycles. The molecule has 0 radical (unpaired) electrons. The zero-order chi connectivity index (χ0) is 13.9. The molecular weight excluding hydrogens is 252 g/mol. The van der Waals surface area contributed by atoms with Gasteiger partial charge in [-0.05, 0) is 38.8 Å². The number of unbranched alkanes of at least 4 members (excludes halogenated alkanes) is 1. The lowest BCUT2D eigenvalue weighted by molar-refractivity contribution is 0.128. The fourth-order valence-corrected chi connectivity index (χ4v) is 2.48. The van der Waals surface area contributed by atoms with Crippen LogP contribution in [0, 0.1) is 5.92 Å². The largest absolute Gasteiger partial charge is 0.380 e. The Labute approximate surface area is 112 Å². The van der Waals surface area contributed by atoms with Crippen molar-refractivity contribution in [3.63, 3.8) is 0 Å². The Morgan fingerprint density at radius 1 is 1.11 bits per heavy atom. The molecule has 0 unspecified atom stereocenters. The molecule has 110 valence electrons. The second kappa shape index (κ2) is 10.7. The number of sulfonamides is 1. The summed E-state index contributed by atoms with van der Waals surface area (Å²) in [6.07, 6.45) is 2.57. The lowest BCUT2D eigenvalue weighted by Gasteiger charge is -2.08. The van der Waals surface area contributed by atoms with Gasteiger partial charge in [0.1, 0.15) is 0 Å². The third-order valence-electron chi connectivity index (χ3n) is 2.50. The van der Waals surface area contributed by atoms with E-state index in [0.29, 0.717) is 32.1 Å². The summed E-state index contributed by atoms with van der Waals surface area (Å²) in [5.41, 5.74) is 0. The lowest BCUT2D eigenvalue weighted by Crippen LogP contribution is -2.30. The van der Waals surface area contributed by atoms with Crippen LogP contribution in [0.3, 0.4) is 0 Å². The van der Waals surface area contributed by atoms with Crippen LogP contribution in [0.4, 0.5) is 0 Å². The number of ether oxygens (including phenoxy) is 1. The summed E-state index contributed by atoms with van der Waals surface area (Å²) in [6.45, 7) is 6.64. The van der Waals surface area contributed by atoms with Crippen molar-refractivity contribution in [2.24, 2.45) is 5.92 Å². The minimum absolute atomic E-state index is 0.195. The Kier molecular flexibility index (Phi) is 10.6. The molecule has 0 amide bonds. The zero-order valence-corrected chi connectivity index (χ0v) is 12.7. The average molecular weight is 280 g/mol. The van der Waals surface area contributed by atoms with E-state index in [0.717, 1.165) is 19.4 Å². The van der Waals surface area contributed by atoms with Crippen LogP contribution in [0.5, 0.6) is 0 Å². The maximum Gasteiger partial charge on any atom is 0.211 e. The highest BCUT2D eigenvalue weighted by molar-refractivity contribution is 7.89. The summed E-state index contributed by atoms with van der Waals surface area (Å²) in [6, 6.07) is 0. The highest BCUT2D eigenvalue weighted by atomic mass is 32.2. The van der Waals surface area contributed by atoms with E-state index in [-0.39, 0.29) is 5.75 Å². The van der Waals surface area contributed by atoms with Gasteiger partial charge in [0.2, 0.25) is 10.0 Å². The van der Waals surface area contributed by atoms with E-state index in [9.17, 15) is 8.42 Å². The Morgan fingerprint density at radius 2 is 1.83 bits per heavy atom. The summed E-state index contributed by atoms with van der Waals surface area (Å²) < 4.78 is 31.0. The number of hydrogen-bond donors (Lipinski definition) is 2. The van der Waals surface area contributed by atoms with Crippen molar-refractivity contribution in [1.29, 1.82) is 0 Å². The monoisotopic (exact) mass is 280 g/mol. The molecule has 0 saturated heterocycles. The first-order valence-electron chi connectivity index (χ1n) is 6.67. The molecule has 0 aliphatic carbocycles. The molecule has 0 aliphatic heterocycles. The topological polar surface area (TPSA) is 67.4 Å². The fourth-order valence-electron chi connectivity index (χ4n) is 1.36. The molecule has 18 heavy (non-hydrogen) atoms. The molecular formula is C12H28N2O3S. The summed E-state index contributed by atoms with van der Waals surface area (Å²) in [5.74, 6) is 0.814. The van der Waals surface area contributed by atoms with Gasteiger partial charge in [0.05, 0.1) is 12.4 Å². The Balaban J connectivity index is 3.47. The van der Waals surface area contributed by atoms with Gasteiger partial charge in [0, 0.05) is 13.2 Å². The first-order chi connectivity index (χ1) is 8.48. The molecule has 0 aliphatic rings. The van der Waals surface area contributed by atoms with Crippen molar-refractivity contribution in [2.45, 2.75) is 33.1 Å². The van der Waals surface area contributed by atoms with Crippen LogP contribution >= 0.6 is 0 Å². The summed E-state index contributed by atoms with van der Waals surface area (Å²) in [4.78, 5) is 0. The first kappa shape index (κ1) is 17.8. The molecule has 0 atom stereocenters. The van der Waals surface area contributed by atoms with Gasteiger partial charge in [-0.15, -0.1) is 0 Å². The second-order valence-corrected chi connectivity index (χ2v) is 6.75. The molecule has 0 heterocycles. The Hall–Kier alpha value is -0.170. The molecule has 0 saturated carbocycles. The van der Waals surface area contributed by atoms with Crippen LogP contribution in [0.15, 0.2) is 0 Å². The maximum atomic E-state index is 11.5. The van der Waals surface area contributed by atoms with Gasteiger partial charge in [-0.3, -0.25) is 0 Å². The molecule has 5 nitrogen and oxygen atoms in total. The SMILES string of the molecule is CNCCCCS(=O)(=O)NCCOCCC(C)C. The van der Waals surface area contributed by atoms with Gasteiger partial charge in [0.15, 0.2) is 0 Å². The van der Waals surface area contributed by atoms with Gasteiger partial charge >= 0.3 is 0 Å². The van der Waals surface area contributed by atoms with Crippen molar-refractivity contribution in [3.8, 4) is 0 Å². The number of rotatable bonds is 12. The van der Waals surface area contributed by atoms with Gasteiger partial charge in [-0.1, -0.05) is 13.8 Å². The molecule has 2 N–H and O–H groups in total. The average Bonchev–Trinajstić information content (AvgIpc) is 2.29. The molecule has 0 spiro atoms. The van der Waals surface area contributed by atoms with Crippen LogP contribution < -0.4 is 10.0 Å². The predicted molar refractivity (Wildman–Crippen MR) is 75.2 cm³/mol. The number of nitrogens with one attached hydrogen (secondary N) is 2. The zero-order valence-electron chi connectivity index (χ0n) is 11.9. The van der Waals surface area contributed by atoms with Crippen LogP contribution in [-0.4, -0.2) is 47.5 Å². The third kappa shape index (κ3) is 12.3. The van der Waals surface area contributed by atoms with E-state index in [1.807, 2.05) is 7.05 Å². The normalized spacial score (nSPS) is 12.2. The Morgan fingerprint density at radius 3 is 2.44 bits per heavy atom. The van der Waals surface area contributed by atoms with Crippen molar-refractivity contribution in [3.05, 3.63) is 0 Å². The van der Waals surface area contributed by atoms with Crippen molar-refractivity contribution in [1.82, 2.24) is 10.0 Å². The quantitative estimate of drug-likeness (QED) is 0.523. The fraction of sp³-hybridized carbons (Fsp3) is 1.00. The minimum atomic E-state index is -3.12. The van der Waals surface area contributed by atoms with Crippen LogP contribution in [0.2, 0.25) is 0 Å². The summed E-state index contributed by atoms with van der Waals surface area (Å²) >= 11 is 0. The Bertz CT molecular complexity index is 279. The third-order valence-corrected chi connectivity index (χ3v) is 3.97. The minimum Gasteiger partial charge on any atom is -0.380 e. The molecule has 6 heteroatoms. The van der Waals surface area contributed by atoms with E-state index in [1.165, 1.54) is 0 Å². The molecule has 0 aromatic carbocycles. The van der Waals surface area contributed by atoms with Crippen LogP contribution in [0.25, 0.3) is 0 Å². The molecule has 0 fully saturated rings. The summed E-state index contributed by atoms with van der Waals surface area (Å²) in [7, 11) is -1.26.